The Morgan fingerprint density at radius 1 is 1.10 bits per heavy atom. The zero-order valence-electron chi connectivity index (χ0n) is 16.8. The van der Waals surface area contributed by atoms with Crippen LogP contribution >= 0.6 is 11.6 Å². The normalized spacial score (nSPS) is 11.3. The van der Waals surface area contributed by atoms with Crippen molar-refractivity contribution in [2.45, 2.75) is 20.3 Å². The maximum absolute atomic E-state index is 11.6. The monoisotopic (exact) mass is 445 g/mol. The zero-order chi connectivity index (χ0) is 21.7. The summed E-state index contributed by atoms with van der Waals surface area (Å²) in [6, 6.07) is 14.8. The molecule has 3 aromatic rings. The fourth-order valence-electron chi connectivity index (χ4n) is 2.91. The predicted octanol–water partition coefficient (Wildman–Crippen LogP) is 4.10. The summed E-state index contributed by atoms with van der Waals surface area (Å²) in [5.74, 6) is 0.850. The first-order chi connectivity index (χ1) is 14.3. The average Bonchev–Trinajstić information content (AvgIpc) is 2.71. The zero-order valence-corrected chi connectivity index (χ0v) is 18.4. The topological polar surface area (TPSA) is 110 Å². The van der Waals surface area contributed by atoms with Crippen molar-refractivity contribution in [2.75, 3.05) is 28.1 Å². The second-order valence-electron chi connectivity index (χ2n) is 6.79. The number of rotatable bonds is 8. The first-order valence-corrected chi connectivity index (χ1v) is 11.5. The summed E-state index contributed by atoms with van der Waals surface area (Å²) in [7, 11) is -3.27. The van der Waals surface area contributed by atoms with E-state index in [9.17, 15) is 8.42 Å². The van der Waals surface area contributed by atoms with Crippen LogP contribution in [0.4, 0.5) is 17.5 Å². The fourth-order valence-corrected chi connectivity index (χ4v) is 3.72. The number of nitrogens with one attached hydrogen (secondary N) is 2. The highest BCUT2D eigenvalue weighted by Gasteiger charge is 2.10. The molecule has 0 amide bonds. The molecular weight excluding hydrogens is 422 g/mol. The van der Waals surface area contributed by atoms with Gasteiger partial charge in [-0.25, -0.2) is 13.4 Å². The van der Waals surface area contributed by atoms with Gasteiger partial charge in [-0.3, -0.25) is 4.72 Å². The van der Waals surface area contributed by atoms with Gasteiger partial charge in [-0.15, -0.1) is 0 Å². The van der Waals surface area contributed by atoms with Crippen molar-refractivity contribution in [1.82, 2.24) is 9.97 Å². The second-order valence-corrected chi connectivity index (χ2v) is 9.21. The van der Waals surface area contributed by atoms with Gasteiger partial charge in [0.05, 0.1) is 11.4 Å². The molecule has 0 spiro atoms. The smallest absolute Gasteiger partial charge is 0.232 e. The summed E-state index contributed by atoms with van der Waals surface area (Å²) < 4.78 is 25.8. The Hall–Kier alpha value is -2.84. The number of benzene rings is 2. The summed E-state index contributed by atoms with van der Waals surface area (Å²) >= 11 is 6.22. The van der Waals surface area contributed by atoms with E-state index in [2.05, 4.69) is 20.0 Å². The van der Waals surface area contributed by atoms with Crippen LogP contribution in [-0.2, 0) is 16.4 Å². The predicted molar refractivity (Wildman–Crippen MR) is 123 cm³/mol. The molecule has 0 atom stereocenters. The molecule has 30 heavy (non-hydrogen) atoms. The van der Waals surface area contributed by atoms with Gasteiger partial charge in [-0.2, -0.15) is 4.98 Å². The quantitative estimate of drug-likeness (QED) is 0.481. The number of hydrogen-bond acceptors (Lipinski definition) is 6. The van der Waals surface area contributed by atoms with E-state index >= 15 is 0 Å². The van der Waals surface area contributed by atoms with Gasteiger partial charge < -0.3 is 11.1 Å². The van der Waals surface area contributed by atoms with Crippen molar-refractivity contribution in [1.29, 1.82) is 0 Å². The van der Waals surface area contributed by atoms with Crippen LogP contribution in [-0.4, -0.2) is 30.7 Å². The molecule has 0 bridgehead atoms. The number of nitrogens with two attached hydrogens (primary N) is 1. The lowest BCUT2D eigenvalue weighted by Crippen LogP contribution is -2.14. The maximum atomic E-state index is 11.6. The number of halogens is 1. The molecule has 0 unspecified atom stereocenters. The molecule has 4 N–H and O–H groups in total. The summed E-state index contributed by atoms with van der Waals surface area (Å²) in [6.07, 6.45) is 0.732. The van der Waals surface area contributed by atoms with Gasteiger partial charge in [0.25, 0.3) is 0 Å². The van der Waals surface area contributed by atoms with Gasteiger partial charge in [-0.1, -0.05) is 35.9 Å². The van der Waals surface area contributed by atoms with Gasteiger partial charge >= 0.3 is 0 Å². The molecule has 1 aromatic heterocycles. The molecule has 0 aliphatic heterocycles. The third kappa shape index (κ3) is 5.61. The lowest BCUT2D eigenvalue weighted by Gasteiger charge is -2.11. The molecule has 0 fully saturated rings. The summed E-state index contributed by atoms with van der Waals surface area (Å²) in [4.78, 5) is 8.58. The van der Waals surface area contributed by atoms with E-state index in [1.807, 2.05) is 43.3 Å². The van der Waals surface area contributed by atoms with Crippen molar-refractivity contribution in [3.63, 3.8) is 0 Å². The Balaban J connectivity index is 1.65. The molecule has 0 radical (unpaired) electrons. The van der Waals surface area contributed by atoms with E-state index in [0.29, 0.717) is 28.8 Å². The molecule has 2 aromatic carbocycles. The van der Waals surface area contributed by atoms with E-state index in [-0.39, 0.29) is 11.7 Å². The molecule has 158 valence electrons. The number of aromatic nitrogens is 2. The van der Waals surface area contributed by atoms with Gasteiger partial charge in [0.2, 0.25) is 16.0 Å². The highest BCUT2D eigenvalue weighted by Crippen LogP contribution is 2.28. The summed E-state index contributed by atoms with van der Waals surface area (Å²) in [6.45, 7) is 4.17. The van der Waals surface area contributed by atoms with E-state index in [1.54, 1.807) is 19.1 Å². The van der Waals surface area contributed by atoms with Crippen molar-refractivity contribution in [2.24, 2.45) is 0 Å². The van der Waals surface area contributed by atoms with Crippen LogP contribution in [0, 0.1) is 6.92 Å². The van der Waals surface area contributed by atoms with Gasteiger partial charge in [0, 0.05) is 28.9 Å². The first kappa shape index (κ1) is 21.9. The van der Waals surface area contributed by atoms with Crippen LogP contribution in [0.1, 0.15) is 18.1 Å². The van der Waals surface area contributed by atoms with Crippen LogP contribution in [0.3, 0.4) is 0 Å². The Morgan fingerprint density at radius 3 is 2.53 bits per heavy atom. The molecular formula is C21H24ClN5O2S. The molecule has 7 nitrogen and oxygen atoms in total. The Kier molecular flexibility index (Phi) is 6.79. The number of nitrogens with zero attached hydrogens (tertiary/aromatic N) is 2. The molecule has 0 aliphatic carbocycles. The third-order valence-corrected chi connectivity index (χ3v) is 6.33. The van der Waals surface area contributed by atoms with E-state index in [4.69, 9.17) is 17.3 Å². The average molecular weight is 446 g/mol. The molecule has 0 saturated heterocycles. The molecule has 0 saturated carbocycles. The SMILES string of the molecule is CCS(=O)(=O)Nc1ccc(CCNc2cc(-c3cccc(Cl)c3C)nc(N)n2)cc1. The Bertz CT molecular complexity index is 1130. The summed E-state index contributed by atoms with van der Waals surface area (Å²) in [5.41, 5.74) is 10.1. The van der Waals surface area contributed by atoms with Crippen molar-refractivity contribution >= 4 is 39.1 Å². The minimum absolute atomic E-state index is 0.0391. The maximum Gasteiger partial charge on any atom is 0.232 e. The van der Waals surface area contributed by atoms with Crippen LogP contribution in [0.25, 0.3) is 11.3 Å². The van der Waals surface area contributed by atoms with Crippen molar-refractivity contribution < 1.29 is 8.42 Å². The minimum atomic E-state index is -3.27. The van der Waals surface area contributed by atoms with Crippen LogP contribution in [0.2, 0.25) is 5.02 Å². The lowest BCUT2D eigenvalue weighted by atomic mass is 10.1. The number of nitrogen functional groups attached to an aromatic ring is 1. The number of sulfonamides is 1. The van der Waals surface area contributed by atoms with Crippen molar-refractivity contribution in [3.05, 3.63) is 64.7 Å². The second kappa shape index (κ2) is 9.32. The van der Waals surface area contributed by atoms with Crippen molar-refractivity contribution in [3.8, 4) is 11.3 Å². The standard InChI is InChI=1S/C21H24ClN5O2S/c1-3-30(28,29)27-16-9-7-15(8-10-16)11-12-24-20-13-19(25-21(23)26-20)17-5-4-6-18(22)14(17)2/h4-10,13,27H,3,11-12H2,1-2H3,(H3,23,24,25,26). The molecule has 9 heteroatoms. The largest absolute Gasteiger partial charge is 0.370 e. The Morgan fingerprint density at radius 2 is 1.83 bits per heavy atom. The van der Waals surface area contributed by atoms with Crippen LogP contribution < -0.4 is 15.8 Å². The molecule has 3 rings (SSSR count). The fraction of sp³-hybridized carbons (Fsp3) is 0.238. The number of anilines is 3. The van der Waals surface area contributed by atoms with Crippen LogP contribution in [0.15, 0.2) is 48.5 Å². The summed E-state index contributed by atoms with van der Waals surface area (Å²) in [5, 5.41) is 3.93. The Labute approximate surface area is 181 Å². The number of hydrogen-bond donors (Lipinski definition) is 3. The van der Waals surface area contributed by atoms with E-state index in [1.165, 1.54) is 0 Å². The minimum Gasteiger partial charge on any atom is -0.370 e. The first-order valence-electron chi connectivity index (χ1n) is 9.51. The highest BCUT2D eigenvalue weighted by molar-refractivity contribution is 7.92. The molecule has 1 heterocycles. The highest BCUT2D eigenvalue weighted by atomic mass is 35.5. The van der Waals surface area contributed by atoms with E-state index in [0.717, 1.165) is 23.1 Å². The van der Waals surface area contributed by atoms with Gasteiger partial charge in [-0.05, 0) is 49.6 Å². The van der Waals surface area contributed by atoms with E-state index < -0.39 is 10.0 Å². The van der Waals surface area contributed by atoms with Crippen LogP contribution in [0.5, 0.6) is 0 Å². The third-order valence-electron chi connectivity index (χ3n) is 4.61. The van der Waals surface area contributed by atoms with Gasteiger partial charge in [0.15, 0.2) is 0 Å². The molecule has 0 aliphatic rings. The van der Waals surface area contributed by atoms with Gasteiger partial charge in [0.1, 0.15) is 5.82 Å². The lowest BCUT2D eigenvalue weighted by molar-refractivity contribution is 0.602.